The van der Waals surface area contributed by atoms with E-state index in [2.05, 4.69) is 0 Å². The minimum atomic E-state index is 0.315. The fourth-order valence-electron chi connectivity index (χ4n) is 2.12. The Labute approximate surface area is 110 Å². The number of fused-ring (bicyclic) bond motifs is 1. The van der Waals surface area contributed by atoms with Crippen molar-refractivity contribution >= 4 is 22.4 Å². The first-order chi connectivity index (χ1) is 8.75. The summed E-state index contributed by atoms with van der Waals surface area (Å²) < 4.78 is 0. The third-order valence-electron chi connectivity index (χ3n) is 3.06. The summed E-state index contributed by atoms with van der Waals surface area (Å²) in [7, 11) is 0. The molecule has 1 nitrogen and oxygen atoms in total. The molecule has 1 N–H and O–H groups in total. The molecule has 3 aromatic carbocycles. The van der Waals surface area contributed by atoms with E-state index < -0.39 is 0 Å². The molecule has 0 aliphatic rings. The van der Waals surface area contributed by atoms with Crippen LogP contribution in [0.25, 0.3) is 21.9 Å². The number of phenols is 1. The van der Waals surface area contributed by atoms with Gasteiger partial charge in [-0.3, -0.25) is 0 Å². The Morgan fingerprint density at radius 2 is 1.50 bits per heavy atom. The lowest BCUT2D eigenvalue weighted by atomic mass is 10.00. The molecule has 3 rings (SSSR count). The van der Waals surface area contributed by atoms with Gasteiger partial charge in [0, 0.05) is 16.0 Å². The molecule has 0 aromatic heterocycles. The zero-order valence-electron chi connectivity index (χ0n) is 9.60. The molecule has 0 radical (unpaired) electrons. The van der Waals surface area contributed by atoms with Crippen LogP contribution in [0.4, 0.5) is 0 Å². The first-order valence-corrected chi connectivity index (χ1v) is 6.10. The van der Waals surface area contributed by atoms with Crippen LogP contribution in [0.3, 0.4) is 0 Å². The molecule has 0 atom stereocenters. The van der Waals surface area contributed by atoms with Gasteiger partial charge < -0.3 is 5.11 Å². The van der Waals surface area contributed by atoms with Crippen LogP contribution in [0.5, 0.6) is 5.75 Å². The van der Waals surface area contributed by atoms with Gasteiger partial charge in [-0.2, -0.15) is 0 Å². The molecule has 0 saturated carbocycles. The van der Waals surface area contributed by atoms with Gasteiger partial charge in [0.05, 0.1) is 0 Å². The topological polar surface area (TPSA) is 20.2 Å². The summed E-state index contributed by atoms with van der Waals surface area (Å²) in [5, 5.41) is 12.9. The summed E-state index contributed by atoms with van der Waals surface area (Å²) in [4.78, 5) is 0. The molecule has 0 bridgehead atoms. The molecule has 3 aromatic rings. The van der Waals surface area contributed by atoms with Gasteiger partial charge in [0.25, 0.3) is 0 Å². The van der Waals surface area contributed by atoms with Crippen LogP contribution >= 0.6 is 11.6 Å². The molecule has 0 amide bonds. The highest BCUT2D eigenvalue weighted by Crippen LogP contribution is 2.35. The van der Waals surface area contributed by atoms with E-state index >= 15 is 0 Å². The Morgan fingerprint density at radius 3 is 2.28 bits per heavy atom. The lowest BCUT2D eigenvalue weighted by Crippen LogP contribution is -1.81. The average molecular weight is 255 g/mol. The van der Waals surface area contributed by atoms with Gasteiger partial charge in [0.15, 0.2) is 0 Å². The van der Waals surface area contributed by atoms with Crippen molar-refractivity contribution in [3.63, 3.8) is 0 Å². The van der Waals surface area contributed by atoms with E-state index in [1.54, 1.807) is 0 Å². The third-order valence-corrected chi connectivity index (χ3v) is 3.31. The average Bonchev–Trinajstić information content (AvgIpc) is 2.41. The second kappa shape index (κ2) is 4.35. The maximum atomic E-state index is 10.3. The van der Waals surface area contributed by atoms with Gasteiger partial charge in [-0.15, -0.1) is 0 Å². The highest BCUT2D eigenvalue weighted by atomic mass is 35.5. The van der Waals surface area contributed by atoms with E-state index in [0.29, 0.717) is 10.8 Å². The second-order valence-electron chi connectivity index (χ2n) is 4.19. The lowest BCUT2D eigenvalue weighted by molar-refractivity contribution is 0.483. The SMILES string of the molecule is Oc1c(-c2ccc(Cl)cc2)ccc2ccccc12. The summed E-state index contributed by atoms with van der Waals surface area (Å²) in [5.74, 6) is 0.315. The van der Waals surface area contributed by atoms with E-state index in [-0.39, 0.29) is 0 Å². The molecule has 0 unspecified atom stereocenters. The second-order valence-corrected chi connectivity index (χ2v) is 4.63. The molecule has 0 saturated heterocycles. The number of aromatic hydroxyl groups is 1. The number of hydrogen-bond donors (Lipinski definition) is 1. The molecular formula is C16H11ClO. The van der Waals surface area contributed by atoms with Gasteiger partial charge in [0.2, 0.25) is 0 Å². The number of hydrogen-bond acceptors (Lipinski definition) is 1. The Hall–Kier alpha value is -1.99. The largest absolute Gasteiger partial charge is 0.507 e. The van der Waals surface area contributed by atoms with Crippen LogP contribution in [0.1, 0.15) is 0 Å². The molecule has 0 aliphatic heterocycles. The van der Waals surface area contributed by atoms with Crippen LogP contribution in [0.15, 0.2) is 60.7 Å². The third kappa shape index (κ3) is 1.83. The van der Waals surface area contributed by atoms with Crippen molar-refractivity contribution in [1.82, 2.24) is 0 Å². The van der Waals surface area contributed by atoms with Crippen molar-refractivity contribution in [3.8, 4) is 16.9 Å². The molecule has 0 aliphatic carbocycles. The summed E-state index contributed by atoms with van der Waals surface area (Å²) in [6.07, 6.45) is 0. The minimum Gasteiger partial charge on any atom is -0.507 e. The predicted molar refractivity (Wildman–Crippen MR) is 76.1 cm³/mol. The fraction of sp³-hybridized carbons (Fsp3) is 0. The normalized spacial score (nSPS) is 10.7. The Morgan fingerprint density at radius 1 is 0.778 bits per heavy atom. The first-order valence-electron chi connectivity index (χ1n) is 5.72. The molecule has 0 spiro atoms. The summed E-state index contributed by atoms with van der Waals surface area (Å²) in [5.41, 5.74) is 1.79. The van der Waals surface area contributed by atoms with Crippen LogP contribution < -0.4 is 0 Å². The molecule has 18 heavy (non-hydrogen) atoms. The highest BCUT2D eigenvalue weighted by molar-refractivity contribution is 6.30. The summed E-state index contributed by atoms with van der Waals surface area (Å²) >= 11 is 5.87. The van der Waals surface area contributed by atoms with E-state index in [4.69, 9.17) is 11.6 Å². The van der Waals surface area contributed by atoms with Crippen molar-refractivity contribution in [2.24, 2.45) is 0 Å². The van der Waals surface area contributed by atoms with Gasteiger partial charge in [-0.05, 0) is 23.1 Å². The Kier molecular flexibility index (Phi) is 2.69. The van der Waals surface area contributed by atoms with Crippen LogP contribution in [0.2, 0.25) is 5.02 Å². The van der Waals surface area contributed by atoms with Crippen LogP contribution in [-0.4, -0.2) is 5.11 Å². The highest BCUT2D eigenvalue weighted by Gasteiger charge is 2.07. The Bertz CT molecular complexity index is 702. The maximum absolute atomic E-state index is 10.3. The molecule has 2 heteroatoms. The van der Waals surface area contributed by atoms with Gasteiger partial charge >= 0.3 is 0 Å². The summed E-state index contributed by atoms with van der Waals surface area (Å²) in [6.45, 7) is 0. The van der Waals surface area contributed by atoms with Gasteiger partial charge in [-0.1, -0.05) is 60.1 Å². The van der Waals surface area contributed by atoms with Crippen molar-refractivity contribution < 1.29 is 5.11 Å². The van der Waals surface area contributed by atoms with Crippen molar-refractivity contribution in [2.75, 3.05) is 0 Å². The van der Waals surface area contributed by atoms with Crippen molar-refractivity contribution in [2.45, 2.75) is 0 Å². The molecular weight excluding hydrogens is 244 g/mol. The monoisotopic (exact) mass is 254 g/mol. The zero-order chi connectivity index (χ0) is 12.5. The zero-order valence-corrected chi connectivity index (χ0v) is 10.4. The summed E-state index contributed by atoms with van der Waals surface area (Å²) in [6, 6.07) is 19.2. The number of rotatable bonds is 1. The van der Waals surface area contributed by atoms with Gasteiger partial charge in [0.1, 0.15) is 5.75 Å². The quantitative estimate of drug-likeness (QED) is 0.657. The fourth-order valence-corrected chi connectivity index (χ4v) is 2.24. The van der Waals surface area contributed by atoms with E-state index in [1.807, 2.05) is 60.7 Å². The smallest absolute Gasteiger partial charge is 0.131 e. The number of halogens is 1. The minimum absolute atomic E-state index is 0.315. The standard InChI is InChI=1S/C16H11ClO/c17-13-8-5-12(6-9-13)15-10-7-11-3-1-2-4-14(11)16(15)18/h1-10,18H. The first kappa shape index (κ1) is 11.1. The van der Waals surface area contributed by atoms with Gasteiger partial charge in [-0.25, -0.2) is 0 Å². The Balaban J connectivity index is 2.24. The lowest BCUT2D eigenvalue weighted by Gasteiger charge is -2.08. The predicted octanol–water partition coefficient (Wildman–Crippen LogP) is 4.87. The number of benzene rings is 3. The van der Waals surface area contributed by atoms with E-state index in [9.17, 15) is 5.11 Å². The van der Waals surface area contributed by atoms with Crippen molar-refractivity contribution in [3.05, 3.63) is 65.7 Å². The maximum Gasteiger partial charge on any atom is 0.131 e. The van der Waals surface area contributed by atoms with Crippen LogP contribution in [0, 0.1) is 0 Å². The van der Waals surface area contributed by atoms with Crippen molar-refractivity contribution in [1.29, 1.82) is 0 Å². The van der Waals surface area contributed by atoms with Crippen LogP contribution in [-0.2, 0) is 0 Å². The molecule has 0 heterocycles. The molecule has 0 fully saturated rings. The molecule has 88 valence electrons. The van der Waals surface area contributed by atoms with E-state index in [0.717, 1.165) is 21.9 Å². The van der Waals surface area contributed by atoms with E-state index in [1.165, 1.54) is 0 Å². The number of phenolic OH excluding ortho intramolecular Hbond substituents is 1.